The third kappa shape index (κ3) is 3.04. The van der Waals surface area contributed by atoms with Crippen LogP contribution >= 0.6 is 34.8 Å². The Morgan fingerprint density at radius 1 is 1.50 bits per heavy atom. The van der Waals surface area contributed by atoms with Crippen molar-refractivity contribution in [3.05, 3.63) is 12.2 Å². The number of likely N-dealkylation sites (N-methyl/N-ethyl adjacent to an activating group) is 1. The average Bonchev–Trinajstić information content (AvgIpc) is 2.15. The SMILES string of the molecule is CN(C(=O)C(Cl)(Cl)Cl)[C@H]1C=CCCC1. The van der Waals surface area contributed by atoms with Crippen molar-refractivity contribution in [2.45, 2.75) is 29.1 Å². The van der Waals surface area contributed by atoms with Crippen molar-refractivity contribution >= 4 is 40.7 Å². The van der Waals surface area contributed by atoms with Crippen molar-refractivity contribution in [1.82, 2.24) is 4.90 Å². The summed E-state index contributed by atoms with van der Waals surface area (Å²) in [6.45, 7) is 0. The number of carbonyl (C=O) groups is 1. The highest BCUT2D eigenvalue weighted by molar-refractivity contribution is 6.76. The van der Waals surface area contributed by atoms with Crippen LogP contribution in [0, 0.1) is 0 Å². The molecule has 0 radical (unpaired) electrons. The van der Waals surface area contributed by atoms with Crippen LogP contribution < -0.4 is 0 Å². The van der Waals surface area contributed by atoms with Crippen molar-refractivity contribution in [3.8, 4) is 0 Å². The molecule has 0 spiro atoms. The Morgan fingerprint density at radius 3 is 2.57 bits per heavy atom. The second-order valence-corrected chi connectivity index (χ2v) is 5.62. The summed E-state index contributed by atoms with van der Waals surface area (Å²) in [7, 11) is 1.66. The van der Waals surface area contributed by atoms with E-state index in [0.717, 1.165) is 19.3 Å². The zero-order valence-electron chi connectivity index (χ0n) is 7.84. The van der Waals surface area contributed by atoms with E-state index in [2.05, 4.69) is 6.08 Å². The van der Waals surface area contributed by atoms with Crippen LogP contribution in [-0.4, -0.2) is 27.7 Å². The van der Waals surface area contributed by atoms with E-state index >= 15 is 0 Å². The number of amides is 1. The van der Waals surface area contributed by atoms with Gasteiger partial charge in [0.15, 0.2) is 0 Å². The van der Waals surface area contributed by atoms with Gasteiger partial charge in [-0.25, -0.2) is 0 Å². The molecule has 1 aliphatic rings. The summed E-state index contributed by atoms with van der Waals surface area (Å²) in [5.74, 6) is -0.473. The smallest absolute Gasteiger partial charge is 0.274 e. The molecule has 2 nitrogen and oxygen atoms in total. The zero-order valence-corrected chi connectivity index (χ0v) is 10.1. The van der Waals surface area contributed by atoms with E-state index in [1.807, 2.05) is 6.08 Å². The first-order valence-corrected chi connectivity index (χ1v) is 5.57. The van der Waals surface area contributed by atoms with E-state index in [1.54, 1.807) is 7.05 Å². The molecule has 0 unspecified atom stereocenters. The molecule has 1 amide bonds. The van der Waals surface area contributed by atoms with Gasteiger partial charge in [-0.15, -0.1) is 0 Å². The molecule has 1 aliphatic carbocycles. The van der Waals surface area contributed by atoms with Gasteiger partial charge < -0.3 is 4.90 Å². The minimum Gasteiger partial charge on any atom is -0.336 e. The molecule has 5 heteroatoms. The maximum atomic E-state index is 11.6. The topological polar surface area (TPSA) is 20.3 Å². The van der Waals surface area contributed by atoms with Crippen LogP contribution in [0.3, 0.4) is 0 Å². The first kappa shape index (κ1) is 12.2. The van der Waals surface area contributed by atoms with E-state index in [-0.39, 0.29) is 6.04 Å². The summed E-state index contributed by atoms with van der Waals surface area (Å²) in [5, 5.41) is 0. The average molecular weight is 257 g/mol. The van der Waals surface area contributed by atoms with Gasteiger partial charge in [-0.1, -0.05) is 47.0 Å². The summed E-state index contributed by atoms with van der Waals surface area (Å²) >= 11 is 16.5. The van der Waals surface area contributed by atoms with E-state index in [1.165, 1.54) is 4.90 Å². The number of nitrogens with zero attached hydrogens (tertiary/aromatic N) is 1. The first-order valence-electron chi connectivity index (χ1n) is 4.43. The number of hydrogen-bond acceptors (Lipinski definition) is 1. The van der Waals surface area contributed by atoms with Crippen molar-refractivity contribution in [2.75, 3.05) is 7.05 Å². The van der Waals surface area contributed by atoms with Gasteiger partial charge >= 0.3 is 0 Å². The van der Waals surface area contributed by atoms with Crippen molar-refractivity contribution < 1.29 is 4.79 Å². The van der Waals surface area contributed by atoms with Crippen molar-refractivity contribution in [3.63, 3.8) is 0 Å². The summed E-state index contributed by atoms with van der Waals surface area (Å²) < 4.78 is -1.85. The van der Waals surface area contributed by atoms with Crippen LogP contribution in [0.5, 0.6) is 0 Å². The molecule has 80 valence electrons. The molecule has 0 bridgehead atoms. The van der Waals surface area contributed by atoms with Crippen LogP contribution in [-0.2, 0) is 4.79 Å². The standard InChI is InChI=1S/C9H12Cl3NO/c1-13(8(14)9(10,11)12)7-5-3-2-4-6-7/h3,5,7H,2,4,6H2,1H3/t7-/m0/s1. The van der Waals surface area contributed by atoms with E-state index in [0.29, 0.717) is 0 Å². The fourth-order valence-corrected chi connectivity index (χ4v) is 1.87. The third-order valence-corrected chi connectivity index (χ3v) is 2.77. The minimum atomic E-state index is -1.85. The highest BCUT2D eigenvalue weighted by atomic mass is 35.6. The quantitative estimate of drug-likeness (QED) is 0.522. The fourth-order valence-electron chi connectivity index (χ4n) is 1.47. The monoisotopic (exact) mass is 255 g/mol. The van der Waals surface area contributed by atoms with Crippen LogP contribution in [0.1, 0.15) is 19.3 Å². The van der Waals surface area contributed by atoms with Gasteiger partial charge in [0.25, 0.3) is 9.70 Å². The number of hydrogen-bond donors (Lipinski definition) is 0. The Labute approximate surface area is 98.8 Å². The molecule has 0 aromatic carbocycles. The van der Waals surface area contributed by atoms with E-state index in [9.17, 15) is 4.79 Å². The summed E-state index contributed by atoms with van der Waals surface area (Å²) in [5.41, 5.74) is 0. The Kier molecular flexibility index (Phi) is 4.11. The largest absolute Gasteiger partial charge is 0.336 e. The predicted molar refractivity (Wildman–Crippen MR) is 59.8 cm³/mol. The van der Waals surface area contributed by atoms with Crippen molar-refractivity contribution in [1.29, 1.82) is 0 Å². The first-order chi connectivity index (χ1) is 6.43. The molecule has 1 atom stereocenters. The lowest BCUT2D eigenvalue weighted by atomic mass is 10.0. The molecule has 0 aliphatic heterocycles. The fraction of sp³-hybridized carbons (Fsp3) is 0.667. The molecule has 0 saturated heterocycles. The molecule has 1 rings (SSSR count). The summed E-state index contributed by atoms with van der Waals surface area (Å²) in [6, 6.07) is 0.0619. The molecule has 0 aromatic rings. The Bertz CT molecular complexity index is 247. The summed E-state index contributed by atoms with van der Waals surface area (Å²) in [6.07, 6.45) is 7.10. The molecule has 0 N–H and O–H groups in total. The van der Waals surface area contributed by atoms with Gasteiger partial charge in [0.1, 0.15) is 0 Å². The molecule has 0 heterocycles. The maximum absolute atomic E-state index is 11.6. The van der Waals surface area contributed by atoms with Gasteiger partial charge in [-0.3, -0.25) is 4.79 Å². The van der Waals surface area contributed by atoms with Gasteiger partial charge in [0, 0.05) is 13.1 Å². The van der Waals surface area contributed by atoms with Crippen LogP contribution in [0.4, 0.5) is 0 Å². The highest BCUT2D eigenvalue weighted by Gasteiger charge is 2.35. The molecule has 14 heavy (non-hydrogen) atoms. The molecule has 0 aromatic heterocycles. The number of carbonyl (C=O) groups excluding carboxylic acids is 1. The van der Waals surface area contributed by atoms with Gasteiger partial charge in [-0.2, -0.15) is 0 Å². The highest BCUT2D eigenvalue weighted by Crippen LogP contribution is 2.30. The van der Waals surface area contributed by atoms with E-state index in [4.69, 9.17) is 34.8 Å². The van der Waals surface area contributed by atoms with Crippen LogP contribution in [0.15, 0.2) is 12.2 Å². The molecule has 0 fully saturated rings. The number of halogens is 3. The third-order valence-electron chi connectivity index (χ3n) is 2.29. The Hall–Kier alpha value is 0.0800. The second-order valence-electron chi connectivity index (χ2n) is 3.34. The predicted octanol–water partition coefficient (Wildman–Crippen LogP) is 2.92. The Balaban J connectivity index is 2.64. The van der Waals surface area contributed by atoms with Crippen molar-refractivity contribution in [2.24, 2.45) is 0 Å². The maximum Gasteiger partial charge on any atom is 0.274 e. The number of allylic oxidation sites excluding steroid dienone is 1. The van der Waals surface area contributed by atoms with Gasteiger partial charge in [0.05, 0.1) is 0 Å². The zero-order chi connectivity index (χ0) is 10.8. The lowest BCUT2D eigenvalue weighted by molar-refractivity contribution is -0.130. The lowest BCUT2D eigenvalue weighted by Crippen LogP contribution is -2.42. The van der Waals surface area contributed by atoms with Gasteiger partial charge in [-0.05, 0) is 19.3 Å². The Morgan fingerprint density at radius 2 is 2.14 bits per heavy atom. The normalized spacial score (nSPS) is 22.1. The number of alkyl halides is 3. The minimum absolute atomic E-state index is 0.0619. The second kappa shape index (κ2) is 4.73. The summed E-state index contributed by atoms with van der Waals surface area (Å²) in [4.78, 5) is 13.0. The lowest BCUT2D eigenvalue weighted by Gasteiger charge is -2.29. The molecular formula is C9H12Cl3NO. The molecule has 0 saturated carbocycles. The van der Waals surface area contributed by atoms with E-state index < -0.39 is 9.70 Å². The number of rotatable bonds is 1. The van der Waals surface area contributed by atoms with Gasteiger partial charge in [0.2, 0.25) is 0 Å². The van der Waals surface area contributed by atoms with Crippen LogP contribution in [0.25, 0.3) is 0 Å². The molecular weight excluding hydrogens is 244 g/mol. The van der Waals surface area contributed by atoms with Crippen LogP contribution in [0.2, 0.25) is 0 Å².